The van der Waals surface area contributed by atoms with Crippen molar-refractivity contribution >= 4 is 11.9 Å². The van der Waals surface area contributed by atoms with Crippen molar-refractivity contribution in [2.45, 2.75) is 13.0 Å². The third-order valence-corrected chi connectivity index (χ3v) is 1.32. The standard InChI is InChI=1S/C7H9NO4/c1-4(10)8-6-2-5(3-9)12-7(6)11/h2,5,9H,3H2,1H3,(H,8,10)/t5-/m1/s1. The normalized spacial score (nSPS) is 21.7. The van der Waals surface area contributed by atoms with Crippen LogP contribution in [0.15, 0.2) is 11.8 Å². The number of carbonyl (C=O) groups excluding carboxylic acids is 2. The van der Waals surface area contributed by atoms with E-state index in [-0.39, 0.29) is 18.2 Å². The monoisotopic (exact) mass is 171 g/mol. The summed E-state index contributed by atoms with van der Waals surface area (Å²) >= 11 is 0. The van der Waals surface area contributed by atoms with Gasteiger partial charge in [0.1, 0.15) is 11.8 Å². The molecule has 1 aliphatic heterocycles. The number of esters is 1. The van der Waals surface area contributed by atoms with E-state index in [1.54, 1.807) is 0 Å². The third-order valence-electron chi connectivity index (χ3n) is 1.32. The zero-order valence-corrected chi connectivity index (χ0v) is 6.53. The molecule has 0 saturated carbocycles. The molecule has 1 aliphatic rings. The number of cyclic esters (lactones) is 1. The smallest absolute Gasteiger partial charge is 0.355 e. The first-order valence-corrected chi connectivity index (χ1v) is 3.44. The fourth-order valence-electron chi connectivity index (χ4n) is 0.861. The van der Waals surface area contributed by atoms with Gasteiger partial charge in [0.25, 0.3) is 0 Å². The molecule has 0 aromatic heterocycles. The number of ether oxygens (including phenoxy) is 1. The number of aliphatic hydroxyl groups is 1. The van der Waals surface area contributed by atoms with Crippen LogP contribution in [0, 0.1) is 0 Å². The molecular weight excluding hydrogens is 162 g/mol. The Bertz CT molecular complexity index is 246. The summed E-state index contributed by atoms with van der Waals surface area (Å²) in [6.07, 6.45) is 0.753. The van der Waals surface area contributed by atoms with E-state index in [0.717, 1.165) is 0 Å². The largest absolute Gasteiger partial charge is 0.451 e. The van der Waals surface area contributed by atoms with Crippen LogP contribution in [0.1, 0.15) is 6.92 Å². The van der Waals surface area contributed by atoms with Crippen LogP contribution in [0.3, 0.4) is 0 Å². The summed E-state index contributed by atoms with van der Waals surface area (Å²) < 4.78 is 4.63. The summed E-state index contributed by atoms with van der Waals surface area (Å²) in [5.41, 5.74) is 0.0987. The van der Waals surface area contributed by atoms with Gasteiger partial charge in [0.2, 0.25) is 5.91 Å². The van der Waals surface area contributed by atoms with Gasteiger partial charge in [-0.3, -0.25) is 4.79 Å². The van der Waals surface area contributed by atoms with E-state index in [1.807, 2.05) is 0 Å². The maximum atomic E-state index is 10.9. The molecule has 1 amide bonds. The van der Waals surface area contributed by atoms with Gasteiger partial charge in [-0.1, -0.05) is 0 Å². The second kappa shape index (κ2) is 3.36. The maximum absolute atomic E-state index is 10.9. The molecule has 1 atom stereocenters. The topological polar surface area (TPSA) is 75.6 Å². The molecule has 0 bridgehead atoms. The lowest BCUT2D eigenvalue weighted by Crippen LogP contribution is -2.23. The zero-order valence-electron chi connectivity index (χ0n) is 6.53. The molecule has 0 aromatic rings. The van der Waals surface area contributed by atoms with Crippen LogP contribution in [0.4, 0.5) is 0 Å². The minimum atomic E-state index is -0.626. The van der Waals surface area contributed by atoms with Gasteiger partial charge in [-0.05, 0) is 6.08 Å². The van der Waals surface area contributed by atoms with Crippen molar-refractivity contribution in [3.63, 3.8) is 0 Å². The second-order valence-electron chi connectivity index (χ2n) is 2.39. The molecule has 2 N–H and O–H groups in total. The molecule has 1 heterocycles. The maximum Gasteiger partial charge on any atom is 0.355 e. The Morgan fingerprint density at radius 2 is 2.50 bits per heavy atom. The first-order valence-electron chi connectivity index (χ1n) is 3.44. The lowest BCUT2D eigenvalue weighted by molar-refractivity contribution is -0.142. The average molecular weight is 171 g/mol. The van der Waals surface area contributed by atoms with Gasteiger partial charge in [-0.25, -0.2) is 4.79 Å². The second-order valence-corrected chi connectivity index (χ2v) is 2.39. The Hall–Kier alpha value is -1.36. The van der Waals surface area contributed by atoms with Crippen LogP contribution >= 0.6 is 0 Å². The molecule has 0 fully saturated rings. The molecule has 5 nitrogen and oxygen atoms in total. The quantitative estimate of drug-likeness (QED) is 0.518. The van der Waals surface area contributed by atoms with Gasteiger partial charge >= 0.3 is 5.97 Å². The Labute approximate surface area is 69.0 Å². The first-order chi connectivity index (χ1) is 5.63. The summed E-state index contributed by atoms with van der Waals surface area (Å²) in [7, 11) is 0. The predicted octanol–water partition coefficient (Wildman–Crippen LogP) is -1.08. The van der Waals surface area contributed by atoms with E-state index >= 15 is 0 Å². The van der Waals surface area contributed by atoms with Crippen molar-refractivity contribution < 1.29 is 19.4 Å². The Balaban J connectivity index is 2.63. The third kappa shape index (κ3) is 1.82. The molecule has 66 valence electrons. The predicted molar refractivity (Wildman–Crippen MR) is 38.9 cm³/mol. The molecular formula is C7H9NO4. The Kier molecular flexibility index (Phi) is 2.44. The summed E-state index contributed by atoms with van der Waals surface area (Å²) in [6.45, 7) is 1.02. The first kappa shape index (κ1) is 8.73. The van der Waals surface area contributed by atoms with Crippen molar-refractivity contribution in [2.75, 3.05) is 6.61 Å². The van der Waals surface area contributed by atoms with Gasteiger partial charge < -0.3 is 15.2 Å². The summed E-state index contributed by atoms with van der Waals surface area (Å²) in [5.74, 6) is -0.943. The number of rotatable bonds is 2. The van der Waals surface area contributed by atoms with Crippen LogP contribution in [-0.2, 0) is 14.3 Å². The van der Waals surface area contributed by atoms with Crippen molar-refractivity contribution in [1.29, 1.82) is 0 Å². The molecule has 0 aliphatic carbocycles. The van der Waals surface area contributed by atoms with Crippen LogP contribution in [0.25, 0.3) is 0 Å². The summed E-state index contributed by atoms with van der Waals surface area (Å²) in [5, 5.41) is 10.9. The fraction of sp³-hybridized carbons (Fsp3) is 0.429. The van der Waals surface area contributed by atoms with Gasteiger partial charge in [0.15, 0.2) is 0 Å². The van der Waals surface area contributed by atoms with Crippen LogP contribution in [0.5, 0.6) is 0 Å². The van der Waals surface area contributed by atoms with Crippen LogP contribution in [-0.4, -0.2) is 29.7 Å². The lowest BCUT2D eigenvalue weighted by atomic mass is 10.3. The molecule has 0 unspecified atom stereocenters. The number of aliphatic hydroxyl groups excluding tert-OH is 1. The molecule has 0 spiro atoms. The van der Waals surface area contributed by atoms with Gasteiger partial charge in [0, 0.05) is 6.92 Å². The van der Waals surface area contributed by atoms with Crippen molar-refractivity contribution in [3.05, 3.63) is 11.8 Å². The molecule has 0 aromatic carbocycles. The highest BCUT2D eigenvalue weighted by atomic mass is 16.6. The van der Waals surface area contributed by atoms with Crippen LogP contribution in [0.2, 0.25) is 0 Å². The fourth-order valence-corrected chi connectivity index (χ4v) is 0.861. The SMILES string of the molecule is CC(=O)NC1=C[C@H](CO)OC1=O. The minimum absolute atomic E-state index is 0.0987. The number of nitrogens with one attached hydrogen (secondary N) is 1. The summed E-state index contributed by atoms with van der Waals surface area (Å²) in [6, 6.07) is 0. The average Bonchev–Trinajstić information content (AvgIpc) is 2.31. The molecule has 1 rings (SSSR count). The number of hydrogen-bond acceptors (Lipinski definition) is 4. The van der Waals surface area contributed by atoms with Gasteiger partial charge in [-0.2, -0.15) is 0 Å². The molecule has 0 radical (unpaired) electrons. The Morgan fingerprint density at radius 3 is 2.92 bits per heavy atom. The van der Waals surface area contributed by atoms with E-state index in [9.17, 15) is 9.59 Å². The number of carbonyl (C=O) groups is 2. The number of amides is 1. The molecule has 5 heteroatoms. The van der Waals surface area contributed by atoms with E-state index in [4.69, 9.17) is 5.11 Å². The van der Waals surface area contributed by atoms with E-state index in [0.29, 0.717) is 0 Å². The van der Waals surface area contributed by atoms with Gasteiger partial charge in [-0.15, -0.1) is 0 Å². The number of hydrogen-bond donors (Lipinski definition) is 2. The summed E-state index contributed by atoms with van der Waals surface area (Å²) in [4.78, 5) is 21.4. The van der Waals surface area contributed by atoms with Crippen LogP contribution < -0.4 is 5.32 Å². The van der Waals surface area contributed by atoms with Crippen molar-refractivity contribution in [2.24, 2.45) is 0 Å². The highest BCUT2D eigenvalue weighted by molar-refractivity contribution is 5.95. The van der Waals surface area contributed by atoms with E-state index < -0.39 is 12.1 Å². The minimum Gasteiger partial charge on any atom is -0.451 e. The highest BCUT2D eigenvalue weighted by Crippen LogP contribution is 2.10. The van der Waals surface area contributed by atoms with Crippen molar-refractivity contribution in [3.8, 4) is 0 Å². The van der Waals surface area contributed by atoms with E-state index in [2.05, 4.69) is 10.1 Å². The van der Waals surface area contributed by atoms with Gasteiger partial charge in [0.05, 0.1) is 6.61 Å². The molecule has 0 saturated heterocycles. The lowest BCUT2D eigenvalue weighted by Gasteiger charge is -2.01. The molecule has 12 heavy (non-hydrogen) atoms. The highest BCUT2D eigenvalue weighted by Gasteiger charge is 2.25. The zero-order chi connectivity index (χ0) is 9.14. The van der Waals surface area contributed by atoms with E-state index in [1.165, 1.54) is 13.0 Å². The van der Waals surface area contributed by atoms with Crippen molar-refractivity contribution in [1.82, 2.24) is 5.32 Å². The Morgan fingerprint density at radius 1 is 1.83 bits per heavy atom.